The van der Waals surface area contributed by atoms with E-state index in [4.69, 9.17) is 11.6 Å². The molecular formula is C20H19ClN2O. The van der Waals surface area contributed by atoms with E-state index in [1.54, 1.807) is 0 Å². The fourth-order valence-electron chi connectivity index (χ4n) is 3.50. The number of rotatable bonds is 2. The quantitative estimate of drug-likeness (QED) is 0.753. The van der Waals surface area contributed by atoms with Crippen LogP contribution in [0, 0.1) is 0 Å². The molecule has 1 aliphatic heterocycles. The second-order valence-electron chi connectivity index (χ2n) is 6.31. The summed E-state index contributed by atoms with van der Waals surface area (Å²) in [7, 11) is 0. The van der Waals surface area contributed by atoms with Crippen molar-refractivity contribution >= 4 is 28.4 Å². The summed E-state index contributed by atoms with van der Waals surface area (Å²) in [5.41, 5.74) is 4.85. The normalized spacial score (nSPS) is 14.5. The van der Waals surface area contributed by atoms with Crippen LogP contribution in [0.4, 0.5) is 0 Å². The average molecular weight is 339 g/mol. The summed E-state index contributed by atoms with van der Waals surface area (Å²) in [5.74, 6) is 0.187. The summed E-state index contributed by atoms with van der Waals surface area (Å²) in [5, 5.41) is 1.99. The standard InChI is InChI=1S/C20H19ClN2O/c21-15-7-5-14(6-8-15)13-20(24)23-11-9-17-16-3-1-2-4-18(16)22-19(17)10-12-23/h1-8,22H,9-13H2. The molecule has 3 aromatic rings. The molecule has 122 valence electrons. The van der Waals surface area contributed by atoms with Crippen molar-refractivity contribution in [2.45, 2.75) is 19.3 Å². The summed E-state index contributed by atoms with van der Waals surface area (Å²) in [6.07, 6.45) is 2.23. The summed E-state index contributed by atoms with van der Waals surface area (Å²) in [4.78, 5) is 18.1. The van der Waals surface area contributed by atoms with Crippen LogP contribution in [0.1, 0.15) is 16.8 Å². The van der Waals surface area contributed by atoms with E-state index in [1.165, 1.54) is 22.2 Å². The van der Waals surface area contributed by atoms with Crippen molar-refractivity contribution in [2.75, 3.05) is 13.1 Å². The van der Waals surface area contributed by atoms with Crippen molar-refractivity contribution in [1.29, 1.82) is 0 Å². The molecule has 0 spiro atoms. The molecule has 0 unspecified atom stereocenters. The van der Waals surface area contributed by atoms with Crippen LogP contribution in [0.3, 0.4) is 0 Å². The number of fused-ring (bicyclic) bond motifs is 3. The minimum Gasteiger partial charge on any atom is -0.358 e. The van der Waals surface area contributed by atoms with Crippen molar-refractivity contribution in [3.05, 3.63) is 70.4 Å². The van der Waals surface area contributed by atoms with Crippen LogP contribution < -0.4 is 0 Å². The molecule has 0 saturated heterocycles. The highest BCUT2D eigenvalue weighted by Gasteiger charge is 2.21. The Balaban J connectivity index is 1.49. The number of hydrogen-bond donors (Lipinski definition) is 1. The Morgan fingerprint density at radius 1 is 1.04 bits per heavy atom. The molecule has 4 rings (SSSR count). The van der Waals surface area contributed by atoms with Gasteiger partial charge in [-0.15, -0.1) is 0 Å². The Morgan fingerprint density at radius 2 is 1.79 bits per heavy atom. The van der Waals surface area contributed by atoms with Gasteiger partial charge >= 0.3 is 0 Å². The largest absolute Gasteiger partial charge is 0.358 e. The molecule has 24 heavy (non-hydrogen) atoms. The molecule has 0 atom stereocenters. The van der Waals surface area contributed by atoms with Gasteiger partial charge in [-0.05, 0) is 35.7 Å². The summed E-state index contributed by atoms with van der Waals surface area (Å²) < 4.78 is 0. The third-order valence-corrected chi connectivity index (χ3v) is 5.04. The number of aromatic amines is 1. The molecule has 0 bridgehead atoms. The number of para-hydroxylation sites is 1. The zero-order chi connectivity index (χ0) is 16.5. The number of carbonyl (C=O) groups is 1. The fourth-order valence-corrected chi connectivity index (χ4v) is 3.62. The van der Waals surface area contributed by atoms with Crippen LogP contribution in [-0.2, 0) is 24.1 Å². The minimum atomic E-state index is 0.187. The first kappa shape index (κ1) is 15.3. The van der Waals surface area contributed by atoms with Crippen LogP contribution in [0.25, 0.3) is 10.9 Å². The second-order valence-corrected chi connectivity index (χ2v) is 6.75. The number of carbonyl (C=O) groups excluding carboxylic acids is 1. The molecule has 1 aromatic heterocycles. The van der Waals surface area contributed by atoms with E-state index in [2.05, 4.69) is 29.2 Å². The number of hydrogen-bond acceptors (Lipinski definition) is 1. The molecule has 0 saturated carbocycles. The Kier molecular flexibility index (Phi) is 4.03. The van der Waals surface area contributed by atoms with Gasteiger partial charge in [-0.1, -0.05) is 41.9 Å². The summed E-state index contributed by atoms with van der Waals surface area (Å²) in [6, 6.07) is 15.9. The van der Waals surface area contributed by atoms with Gasteiger partial charge in [0.15, 0.2) is 0 Å². The Labute approximate surface area is 146 Å². The molecule has 1 aliphatic rings. The number of H-pyrrole nitrogens is 1. The van der Waals surface area contributed by atoms with Gasteiger partial charge in [-0.2, -0.15) is 0 Å². The lowest BCUT2D eigenvalue weighted by Gasteiger charge is -2.20. The zero-order valence-corrected chi connectivity index (χ0v) is 14.1. The highest BCUT2D eigenvalue weighted by Crippen LogP contribution is 2.25. The van der Waals surface area contributed by atoms with Crippen LogP contribution in [0.2, 0.25) is 5.02 Å². The first-order valence-corrected chi connectivity index (χ1v) is 8.69. The number of benzene rings is 2. The Bertz CT molecular complexity index is 882. The second kappa shape index (κ2) is 6.33. The van der Waals surface area contributed by atoms with E-state index in [9.17, 15) is 4.79 Å². The highest BCUT2D eigenvalue weighted by molar-refractivity contribution is 6.30. The number of nitrogens with zero attached hydrogens (tertiary/aromatic N) is 1. The highest BCUT2D eigenvalue weighted by atomic mass is 35.5. The average Bonchev–Trinajstić information content (AvgIpc) is 2.81. The first-order valence-electron chi connectivity index (χ1n) is 8.31. The maximum atomic E-state index is 12.6. The number of aromatic nitrogens is 1. The lowest BCUT2D eigenvalue weighted by molar-refractivity contribution is -0.130. The minimum absolute atomic E-state index is 0.187. The third-order valence-electron chi connectivity index (χ3n) is 4.79. The summed E-state index contributed by atoms with van der Waals surface area (Å²) in [6.45, 7) is 1.55. The van der Waals surface area contributed by atoms with E-state index in [1.807, 2.05) is 29.2 Å². The number of amides is 1. The molecule has 4 heteroatoms. The van der Waals surface area contributed by atoms with Crippen LogP contribution in [0.15, 0.2) is 48.5 Å². The van der Waals surface area contributed by atoms with E-state index in [0.717, 1.165) is 31.5 Å². The molecule has 1 N–H and O–H groups in total. The maximum absolute atomic E-state index is 12.6. The van der Waals surface area contributed by atoms with E-state index in [-0.39, 0.29) is 5.91 Å². The molecule has 0 aliphatic carbocycles. The van der Waals surface area contributed by atoms with Crippen LogP contribution in [-0.4, -0.2) is 28.9 Å². The van der Waals surface area contributed by atoms with E-state index in [0.29, 0.717) is 11.4 Å². The van der Waals surface area contributed by atoms with E-state index < -0.39 is 0 Å². The molecule has 0 radical (unpaired) electrons. The van der Waals surface area contributed by atoms with Crippen molar-refractivity contribution in [3.63, 3.8) is 0 Å². The Morgan fingerprint density at radius 3 is 2.62 bits per heavy atom. The number of halogens is 1. The Hall–Kier alpha value is -2.26. The monoisotopic (exact) mass is 338 g/mol. The van der Waals surface area contributed by atoms with Gasteiger partial charge in [-0.25, -0.2) is 0 Å². The molecule has 0 fully saturated rings. The van der Waals surface area contributed by atoms with Crippen LogP contribution in [0.5, 0.6) is 0 Å². The predicted molar refractivity (Wildman–Crippen MR) is 97.4 cm³/mol. The van der Waals surface area contributed by atoms with Crippen molar-refractivity contribution in [1.82, 2.24) is 9.88 Å². The first-order chi connectivity index (χ1) is 11.7. The lowest BCUT2D eigenvalue weighted by Crippen LogP contribution is -2.34. The maximum Gasteiger partial charge on any atom is 0.227 e. The lowest BCUT2D eigenvalue weighted by atomic mass is 10.1. The molecule has 2 heterocycles. The number of nitrogens with one attached hydrogen (secondary N) is 1. The van der Waals surface area contributed by atoms with Crippen molar-refractivity contribution < 1.29 is 4.79 Å². The van der Waals surface area contributed by atoms with Crippen LogP contribution >= 0.6 is 11.6 Å². The molecule has 3 nitrogen and oxygen atoms in total. The molecule has 1 amide bonds. The fraction of sp³-hybridized carbons (Fsp3) is 0.250. The molecular weight excluding hydrogens is 320 g/mol. The van der Waals surface area contributed by atoms with Crippen molar-refractivity contribution in [3.8, 4) is 0 Å². The SMILES string of the molecule is O=C(Cc1ccc(Cl)cc1)N1CCc2[nH]c3ccccc3c2CC1. The molecule has 2 aromatic carbocycles. The van der Waals surface area contributed by atoms with Gasteiger partial charge in [0.25, 0.3) is 0 Å². The van der Waals surface area contributed by atoms with Gasteiger partial charge in [0, 0.05) is 41.1 Å². The smallest absolute Gasteiger partial charge is 0.227 e. The zero-order valence-electron chi connectivity index (χ0n) is 13.4. The summed E-state index contributed by atoms with van der Waals surface area (Å²) >= 11 is 5.91. The predicted octanol–water partition coefficient (Wildman–Crippen LogP) is 3.99. The topological polar surface area (TPSA) is 36.1 Å². The van der Waals surface area contributed by atoms with Gasteiger partial charge in [0.2, 0.25) is 5.91 Å². The van der Waals surface area contributed by atoms with Gasteiger partial charge in [0.05, 0.1) is 6.42 Å². The van der Waals surface area contributed by atoms with Gasteiger partial charge in [0.1, 0.15) is 0 Å². The van der Waals surface area contributed by atoms with Gasteiger partial charge < -0.3 is 9.88 Å². The third kappa shape index (κ3) is 2.92. The van der Waals surface area contributed by atoms with E-state index >= 15 is 0 Å². The van der Waals surface area contributed by atoms with Gasteiger partial charge in [-0.3, -0.25) is 4.79 Å². The van der Waals surface area contributed by atoms with Crippen molar-refractivity contribution in [2.24, 2.45) is 0 Å².